The third-order valence-electron chi connectivity index (χ3n) is 1.57. The van der Waals surface area contributed by atoms with Gasteiger partial charge < -0.3 is 39.9 Å². The Morgan fingerprint density at radius 3 is 1.67 bits per heavy atom. The van der Waals surface area contributed by atoms with Gasteiger partial charge in [-0.1, -0.05) is 0 Å². The molecule has 0 rings (SSSR count). The maximum absolute atomic E-state index is 9.89. The molecule has 8 heteroatoms. The van der Waals surface area contributed by atoms with Crippen LogP contribution >= 0.6 is 0 Å². The topological polar surface area (TPSA) is 146 Å². The molecule has 0 amide bonds. The van der Waals surface area contributed by atoms with Gasteiger partial charge in [0.25, 0.3) is 0 Å². The zero-order valence-electron chi connectivity index (χ0n) is 10.7. The highest BCUT2D eigenvalue weighted by molar-refractivity contribution is 5.72. The predicted octanol–water partition coefficient (Wildman–Crippen LogP) is -4.96. The van der Waals surface area contributed by atoms with Gasteiger partial charge in [0.2, 0.25) is 0 Å². The first-order chi connectivity index (χ1) is 7.95. The maximum Gasteiger partial charge on any atom is 0.118 e. The maximum atomic E-state index is 9.89. The smallest absolute Gasteiger partial charge is 0.118 e. The Bertz CT molecular complexity index is 297. The number of rotatable bonds is 6. The second-order valence-electron chi connectivity index (χ2n) is 4.66. The third kappa shape index (κ3) is 16.7. The van der Waals surface area contributed by atoms with Gasteiger partial charge in [-0.05, 0) is 12.8 Å². The van der Waals surface area contributed by atoms with Gasteiger partial charge in [-0.3, -0.25) is 0 Å². The third-order valence-corrected chi connectivity index (χ3v) is 1.57. The van der Waals surface area contributed by atoms with Gasteiger partial charge in [-0.25, -0.2) is 0 Å². The number of carbonyl (C=O) groups is 3. The molecule has 2 N–H and O–H groups in total. The SMILES string of the molecule is C[N+](C)(C)CC(=O)[O-].NC(CCC(=O)[O-])C(=O)[O-]. The molecule has 0 aliphatic heterocycles. The van der Waals surface area contributed by atoms with E-state index in [9.17, 15) is 29.7 Å². The molecule has 0 spiro atoms. The lowest BCUT2D eigenvalue weighted by atomic mass is 10.2. The second-order valence-corrected chi connectivity index (χ2v) is 4.66. The summed E-state index contributed by atoms with van der Waals surface area (Å²) in [4.78, 5) is 29.5. The molecule has 18 heavy (non-hydrogen) atoms. The first-order valence-electron chi connectivity index (χ1n) is 5.12. The molecule has 0 bridgehead atoms. The number of hydrogen-bond acceptors (Lipinski definition) is 7. The first-order valence-corrected chi connectivity index (χ1v) is 5.12. The molecule has 0 heterocycles. The second kappa shape index (κ2) is 8.43. The van der Waals surface area contributed by atoms with E-state index < -0.39 is 23.9 Å². The number of nitrogens with two attached hydrogens (primary N) is 1. The summed E-state index contributed by atoms with van der Waals surface area (Å²) in [7, 11) is 5.40. The molecule has 1 atom stereocenters. The van der Waals surface area contributed by atoms with Gasteiger partial charge in [0.05, 0.1) is 33.1 Å². The van der Waals surface area contributed by atoms with Gasteiger partial charge in [0.15, 0.2) is 0 Å². The number of hydrogen-bond donors (Lipinski definition) is 1. The van der Waals surface area contributed by atoms with Crippen molar-refractivity contribution in [3.05, 3.63) is 0 Å². The predicted molar refractivity (Wildman–Crippen MR) is 55.1 cm³/mol. The van der Waals surface area contributed by atoms with Crippen LogP contribution in [-0.2, 0) is 14.4 Å². The van der Waals surface area contributed by atoms with E-state index in [2.05, 4.69) is 0 Å². The molecule has 106 valence electrons. The van der Waals surface area contributed by atoms with Gasteiger partial charge >= 0.3 is 0 Å². The van der Waals surface area contributed by atoms with Crippen molar-refractivity contribution >= 4 is 17.9 Å². The molecule has 0 aliphatic rings. The van der Waals surface area contributed by atoms with E-state index in [1.54, 1.807) is 21.1 Å². The Morgan fingerprint density at radius 1 is 1.06 bits per heavy atom. The van der Waals surface area contributed by atoms with Crippen LogP contribution in [0.25, 0.3) is 0 Å². The van der Waals surface area contributed by atoms with Crippen LogP contribution in [0.2, 0.25) is 0 Å². The lowest BCUT2D eigenvalue weighted by molar-refractivity contribution is -0.864. The van der Waals surface area contributed by atoms with E-state index >= 15 is 0 Å². The Kier molecular flexibility index (Phi) is 8.75. The number of carboxylic acids is 3. The minimum atomic E-state index is -1.44. The molecule has 0 saturated carbocycles. The summed E-state index contributed by atoms with van der Waals surface area (Å²) in [6, 6.07) is -1.21. The van der Waals surface area contributed by atoms with Crippen LogP contribution < -0.4 is 21.1 Å². The fourth-order valence-corrected chi connectivity index (χ4v) is 0.779. The van der Waals surface area contributed by atoms with E-state index in [-0.39, 0.29) is 19.4 Å². The molecule has 0 aromatic rings. The monoisotopic (exact) mass is 262 g/mol. The van der Waals surface area contributed by atoms with Gasteiger partial charge in [0, 0.05) is 12.0 Å². The number of carbonyl (C=O) groups excluding carboxylic acids is 3. The van der Waals surface area contributed by atoms with Crippen molar-refractivity contribution in [2.24, 2.45) is 5.73 Å². The van der Waals surface area contributed by atoms with Crippen LogP contribution in [0.5, 0.6) is 0 Å². The molecule has 0 aromatic carbocycles. The Morgan fingerprint density at radius 2 is 1.50 bits per heavy atom. The highest BCUT2D eigenvalue weighted by Crippen LogP contribution is 1.90. The van der Waals surface area contributed by atoms with E-state index in [4.69, 9.17) is 5.73 Å². The molecule has 0 fully saturated rings. The van der Waals surface area contributed by atoms with Gasteiger partial charge in [0.1, 0.15) is 6.54 Å². The van der Waals surface area contributed by atoms with E-state index in [1.807, 2.05) is 0 Å². The van der Waals surface area contributed by atoms with Crippen LogP contribution in [0.1, 0.15) is 12.8 Å². The summed E-state index contributed by atoms with van der Waals surface area (Å²) in [6.45, 7) is 0.0694. The lowest BCUT2D eigenvalue weighted by Gasteiger charge is -2.23. The summed E-state index contributed by atoms with van der Waals surface area (Å²) in [6.07, 6.45) is -0.500. The average Bonchev–Trinajstić information content (AvgIpc) is 2.10. The molecular formula is C10H18N2O6-2. The normalized spacial score (nSPS) is 12.0. The van der Waals surface area contributed by atoms with Crippen LogP contribution in [0.15, 0.2) is 0 Å². The Labute approximate surface area is 105 Å². The zero-order valence-corrected chi connectivity index (χ0v) is 10.7. The van der Waals surface area contributed by atoms with Gasteiger partial charge in [-0.2, -0.15) is 0 Å². The van der Waals surface area contributed by atoms with Gasteiger partial charge in [-0.15, -0.1) is 0 Å². The zero-order chi connectivity index (χ0) is 14.9. The Hall–Kier alpha value is -1.67. The molecular weight excluding hydrogens is 244 g/mol. The molecule has 0 radical (unpaired) electrons. The number of aliphatic carboxylic acids is 3. The molecule has 8 nitrogen and oxygen atoms in total. The molecule has 0 aromatic heterocycles. The quantitative estimate of drug-likeness (QED) is 0.471. The van der Waals surface area contributed by atoms with E-state index in [0.717, 1.165) is 0 Å². The number of nitrogens with zero attached hydrogens (tertiary/aromatic N) is 1. The molecule has 1 unspecified atom stereocenters. The summed E-state index contributed by atoms with van der Waals surface area (Å²) in [5.41, 5.74) is 4.91. The lowest BCUT2D eigenvalue weighted by Crippen LogP contribution is -2.45. The van der Waals surface area contributed by atoms with E-state index in [1.165, 1.54) is 0 Å². The van der Waals surface area contributed by atoms with Crippen molar-refractivity contribution in [1.29, 1.82) is 0 Å². The van der Waals surface area contributed by atoms with Crippen LogP contribution in [-0.4, -0.2) is 56.1 Å². The van der Waals surface area contributed by atoms with Crippen molar-refractivity contribution in [3.63, 3.8) is 0 Å². The number of likely N-dealkylation sites (N-methyl/N-ethyl adjacent to an activating group) is 1. The molecule has 0 saturated heterocycles. The van der Waals surface area contributed by atoms with Crippen LogP contribution in [0.4, 0.5) is 0 Å². The van der Waals surface area contributed by atoms with Crippen molar-refractivity contribution in [2.75, 3.05) is 27.7 Å². The standard InChI is InChI=1S/C5H9NO4.C5H11NO2/c6-3(5(9)10)1-2-4(7)8;1-6(2,3)4-5(7)8/h3H,1-2,6H2,(H,7,8)(H,9,10);4H2,1-3H3/p-2. The minimum Gasteiger partial charge on any atom is -0.550 e. The summed E-state index contributed by atoms with van der Waals surface area (Å²) >= 11 is 0. The summed E-state index contributed by atoms with van der Waals surface area (Å²) in [5.74, 6) is -3.75. The highest BCUT2D eigenvalue weighted by Gasteiger charge is 2.04. The Balaban J connectivity index is 0. The van der Waals surface area contributed by atoms with Crippen LogP contribution in [0.3, 0.4) is 0 Å². The fraction of sp³-hybridized carbons (Fsp3) is 0.700. The van der Waals surface area contributed by atoms with Crippen LogP contribution in [0, 0.1) is 0 Å². The summed E-state index contributed by atoms with van der Waals surface area (Å²) in [5, 5.41) is 29.5. The fourth-order valence-electron chi connectivity index (χ4n) is 0.779. The van der Waals surface area contributed by atoms with E-state index in [0.29, 0.717) is 4.48 Å². The van der Waals surface area contributed by atoms with Crippen molar-refractivity contribution < 1.29 is 34.2 Å². The van der Waals surface area contributed by atoms with Crippen molar-refractivity contribution in [3.8, 4) is 0 Å². The average molecular weight is 262 g/mol. The highest BCUT2D eigenvalue weighted by atomic mass is 16.4. The number of quaternary nitrogens is 1. The first kappa shape index (κ1) is 18.7. The van der Waals surface area contributed by atoms with Crippen molar-refractivity contribution in [2.45, 2.75) is 18.9 Å². The number of carboxylic acid groups (broad SMARTS) is 3. The van der Waals surface area contributed by atoms with Crippen molar-refractivity contribution in [1.82, 2.24) is 0 Å². The molecule has 0 aliphatic carbocycles. The minimum absolute atomic E-state index is 0.0694. The largest absolute Gasteiger partial charge is 0.550 e. The summed E-state index contributed by atoms with van der Waals surface area (Å²) < 4.78 is 0.419.